The quantitative estimate of drug-likeness (QED) is 0.854. The number of aliphatic hydroxyl groups is 1. The lowest BCUT2D eigenvalue weighted by atomic mass is 9.89. The van der Waals surface area contributed by atoms with Crippen LogP contribution in [-0.4, -0.2) is 32.1 Å². The molecule has 0 saturated carbocycles. The van der Waals surface area contributed by atoms with Gasteiger partial charge in [-0.05, 0) is 5.41 Å². The molecule has 5 nitrogen and oxygen atoms in total. The summed E-state index contributed by atoms with van der Waals surface area (Å²) in [6.07, 6.45) is 6.82. The van der Waals surface area contributed by atoms with Crippen LogP contribution in [0, 0.1) is 5.41 Å². The molecule has 18 heavy (non-hydrogen) atoms. The fourth-order valence-electron chi connectivity index (χ4n) is 1.67. The van der Waals surface area contributed by atoms with Gasteiger partial charge in [0.25, 0.3) is 0 Å². The van der Waals surface area contributed by atoms with Crippen molar-refractivity contribution in [1.29, 1.82) is 0 Å². The number of rotatable bonds is 4. The first-order valence-electron chi connectivity index (χ1n) is 6.13. The molecule has 0 bridgehead atoms. The Bertz CT molecular complexity index is 515. The number of hydrogen-bond donors (Lipinski definition) is 2. The highest BCUT2D eigenvalue weighted by Gasteiger charge is 2.21. The monoisotopic (exact) mass is 248 g/mol. The summed E-state index contributed by atoms with van der Waals surface area (Å²) in [5.74, 6) is 0. The van der Waals surface area contributed by atoms with Gasteiger partial charge in [0, 0.05) is 25.5 Å². The maximum atomic E-state index is 9.93. The van der Waals surface area contributed by atoms with E-state index in [1.54, 1.807) is 12.4 Å². The molecular formula is C13H20N4O. The van der Waals surface area contributed by atoms with Crippen molar-refractivity contribution in [2.75, 3.05) is 6.54 Å². The van der Waals surface area contributed by atoms with Crippen LogP contribution >= 0.6 is 0 Å². The number of hydrogen-bond acceptors (Lipinski definition) is 4. The van der Waals surface area contributed by atoms with Gasteiger partial charge >= 0.3 is 0 Å². The van der Waals surface area contributed by atoms with Crippen LogP contribution in [0.2, 0.25) is 0 Å². The van der Waals surface area contributed by atoms with Gasteiger partial charge < -0.3 is 10.4 Å². The van der Waals surface area contributed by atoms with E-state index < -0.39 is 0 Å². The second kappa shape index (κ2) is 5.04. The topological polar surface area (TPSA) is 62.5 Å². The first-order valence-corrected chi connectivity index (χ1v) is 6.13. The van der Waals surface area contributed by atoms with Crippen LogP contribution in [0.5, 0.6) is 0 Å². The summed E-state index contributed by atoms with van der Waals surface area (Å²) in [5.41, 5.74) is 1.80. The van der Waals surface area contributed by atoms with E-state index in [2.05, 4.69) is 15.3 Å². The van der Waals surface area contributed by atoms with Crippen molar-refractivity contribution >= 4 is 5.65 Å². The maximum Gasteiger partial charge on any atom is 0.155 e. The molecule has 0 amide bonds. The highest BCUT2D eigenvalue weighted by atomic mass is 16.3. The van der Waals surface area contributed by atoms with E-state index >= 15 is 0 Å². The van der Waals surface area contributed by atoms with Crippen molar-refractivity contribution in [3.05, 3.63) is 30.5 Å². The van der Waals surface area contributed by atoms with Gasteiger partial charge in [0.1, 0.15) is 0 Å². The highest BCUT2D eigenvalue weighted by molar-refractivity contribution is 5.36. The molecule has 2 N–H and O–H groups in total. The standard InChI is InChI=1S/C13H20N4O/c1-13(2,3)11(18)8-15-6-10-7-16-12-9-14-4-5-17(10)12/h4-5,7,9,11,15,18H,6,8H2,1-3H3. The van der Waals surface area contributed by atoms with Gasteiger partial charge in [0.05, 0.1) is 24.2 Å². The number of aromatic nitrogens is 3. The summed E-state index contributed by atoms with van der Waals surface area (Å²) in [4.78, 5) is 8.29. The molecule has 0 aliphatic heterocycles. The minimum Gasteiger partial charge on any atom is -0.391 e. The van der Waals surface area contributed by atoms with E-state index in [0.29, 0.717) is 13.1 Å². The normalized spacial score (nSPS) is 14.0. The Kier molecular flexibility index (Phi) is 3.63. The minimum atomic E-state index is -0.363. The van der Waals surface area contributed by atoms with Crippen LogP contribution in [0.3, 0.4) is 0 Å². The summed E-state index contributed by atoms with van der Waals surface area (Å²) in [5, 5.41) is 13.2. The van der Waals surface area contributed by atoms with E-state index in [1.807, 2.05) is 37.6 Å². The van der Waals surface area contributed by atoms with Crippen molar-refractivity contribution in [3.8, 4) is 0 Å². The van der Waals surface area contributed by atoms with Gasteiger partial charge in [-0.2, -0.15) is 0 Å². The number of nitrogens with one attached hydrogen (secondary N) is 1. The second-order valence-electron chi connectivity index (χ2n) is 5.57. The SMILES string of the molecule is CC(C)(C)C(O)CNCc1cnc2cnccn12. The molecule has 5 heteroatoms. The van der Waals surface area contributed by atoms with E-state index in [0.717, 1.165) is 11.3 Å². The average Bonchev–Trinajstić information content (AvgIpc) is 2.71. The molecule has 2 aromatic rings. The fourth-order valence-corrected chi connectivity index (χ4v) is 1.67. The number of nitrogens with zero attached hydrogens (tertiary/aromatic N) is 3. The van der Waals surface area contributed by atoms with Gasteiger partial charge in [-0.15, -0.1) is 0 Å². The summed E-state index contributed by atoms with van der Waals surface area (Å²) in [6, 6.07) is 0. The average molecular weight is 248 g/mol. The van der Waals surface area contributed by atoms with Crippen molar-refractivity contribution < 1.29 is 5.11 Å². The molecule has 2 rings (SSSR count). The molecule has 0 spiro atoms. The molecule has 2 aromatic heterocycles. The molecule has 0 fully saturated rings. The van der Waals surface area contributed by atoms with E-state index in [-0.39, 0.29) is 11.5 Å². The predicted octanol–water partition coefficient (Wildman–Crippen LogP) is 1.23. The van der Waals surface area contributed by atoms with E-state index in [9.17, 15) is 5.11 Å². The van der Waals surface area contributed by atoms with Gasteiger partial charge in [-0.3, -0.25) is 9.38 Å². The number of fused-ring (bicyclic) bond motifs is 1. The molecule has 2 heterocycles. The van der Waals surface area contributed by atoms with Gasteiger partial charge in [-0.25, -0.2) is 4.98 Å². The lowest BCUT2D eigenvalue weighted by Gasteiger charge is -2.25. The summed E-state index contributed by atoms with van der Waals surface area (Å²) in [7, 11) is 0. The lowest BCUT2D eigenvalue weighted by molar-refractivity contribution is 0.0627. The van der Waals surface area contributed by atoms with E-state index in [1.165, 1.54) is 0 Å². The maximum absolute atomic E-state index is 9.93. The predicted molar refractivity (Wildman–Crippen MR) is 70.2 cm³/mol. The van der Waals surface area contributed by atoms with Crippen molar-refractivity contribution in [2.24, 2.45) is 5.41 Å². The minimum absolute atomic E-state index is 0.101. The first kappa shape index (κ1) is 13.0. The third kappa shape index (κ3) is 2.86. The Hall–Kier alpha value is -1.46. The van der Waals surface area contributed by atoms with Crippen molar-refractivity contribution in [3.63, 3.8) is 0 Å². The van der Waals surface area contributed by atoms with Crippen LogP contribution in [0.15, 0.2) is 24.8 Å². The Labute approximate surface area is 107 Å². The third-order valence-corrected chi connectivity index (χ3v) is 3.04. The zero-order valence-corrected chi connectivity index (χ0v) is 11.1. The molecule has 0 saturated heterocycles. The Balaban J connectivity index is 1.95. The van der Waals surface area contributed by atoms with Crippen molar-refractivity contribution in [2.45, 2.75) is 33.4 Å². The Morgan fingerprint density at radius 2 is 2.17 bits per heavy atom. The summed E-state index contributed by atoms with van der Waals surface area (Å²) >= 11 is 0. The van der Waals surface area contributed by atoms with E-state index in [4.69, 9.17) is 0 Å². The van der Waals surface area contributed by atoms with Crippen LogP contribution in [0.25, 0.3) is 5.65 Å². The van der Waals surface area contributed by atoms with Crippen LogP contribution in [0.4, 0.5) is 0 Å². The molecule has 98 valence electrons. The number of imidazole rings is 1. The van der Waals surface area contributed by atoms with Crippen molar-refractivity contribution in [1.82, 2.24) is 19.7 Å². The summed E-state index contributed by atoms with van der Waals surface area (Å²) in [6.45, 7) is 7.33. The zero-order valence-electron chi connectivity index (χ0n) is 11.1. The Morgan fingerprint density at radius 3 is 2.89 bits per heavy atom. The first-order chi connectivity index (χ1) is 8.48. The Morgan fingerprint density at radius 1 is 1.39 bits per heavy atom. The zero-order chi connectivity index (χ0) is 13.2. The molecule has 0 aliphatic carbocycles. The molecule has 0 radical (unpaired) electrons. The van der Waals surface area contributed by atoms with Gasteiger partial charge in [-0.1, -0.05) is 20.8 Å². The van der Waals surface area contributed by atoms with Gasteiger partial charge in [0.2, 0.25) is 0 Å². The smallest absolute Gasteiger partial charge is 0.155 e. The largest absolute Gasteiger partial charge is 0.391 e. The summed E-state index contributed by atoms with van der Waals surface area (Å²) < 4.78 is 1.99. The fraction of sp³-hybridized carbons (Fsp3) is 0.538. The molecule has 1 atom stereocenters. The third-order valence-electron chi connectivity index (χ3n) is 3.04. The number of aliphatic hydroxyl groups excluding tert-OH is 1. The molecule has 0 aliphatic rings. The molecule has 1 unspecified atom stereocenters. The molecule has 0 aromatic carbocycles. The second-order valence-corrected chi connectivity index (χ2v) is 5.57. The van der Waals surface area contributed by atoms with Crippen LogP contribution < -0.4 is 5.32 Å². The molecular weight excluding hydrogens is 228 g/mol. The van der Waals surface area contributed by atoms with Crippen LogP contribution in [-0.2, 0) is 6.54 Å². The van der Waals surface area contributed by atoms with Crippen LogP contribution in [0.1, 0.15) is 26.5 Å². The highest BCUT2D eigenvalue weighted by Crippen LogP contribution is 2.18. The van der Waals surface area contributed by atoms with Gasteiger partial charge in [0.15, 0.2) is 5.65 Å². The lowest BCUT2D eigenvalue weighted by Crippen LogP contribution is -2.36.